The second kappa shape index (κ2) is 2.88. The number of hydrogen-bond acceptors (Lipinski definition) is 6. The molecule has 0 saturated carbocycles. The minimum absolute atomic E-state index is 0.101. The van der Waals surface area contributed by atoms with Crippen LogP contribution in [-0.4, -0.2) is 14.9 Å². The molecule has 1 aromatic rings. The van der Waals surface area contributed by atoms with Crippen molar-refractivity contribution in [3.63, 3.8) is 0 Å². The zero-order valence-electron chi connectivity index (χ0n) is 5.30. The van der Waals surface area contributed by atoms with Crippen molar-refractivity contribution in [2.75, 3.05) is 0 Å². The quantitative estimate of drug-likeness (QED) is 0.463. The molecule has 7 heteroatoms. The monoisotopic (exact) mass is 156 g/mol. The molecule has 1 aromatic heterocycles. The van der Waals surface area contributed by atoms with E-state index in [-0.39, 0.29) is 11.7 Å². The van der Waals surface area contributed by atoms with Gasteiger partial charge in [0, 0.05) is 0 Å². The fourth-order valence-electron chi connectivity index (χ4n) is 0.465. The van der Waals surface area contributed by atoms with Gasteiger partial charge in [0.2, 0.25) is 0 Å². The Morgan fingerprint density at radius 2 is 2.09 bits per heavy atom. The molecule has 0 aliphatic heterocycles. The van der Waals surface area contributed by atoms with Crippen molar-refractivity contribution in [2.45, 2.75) is 0 Å². The lowest BCUT2D eigenvalue weighted by Gasteiger charge is -1.92. The molecule has 0 bridgehead atoms. The third-order valence-electron chi connectivity index (χ3n) is 0.931. The van der Waals surface area contributed by atoms with Crippen LogP contribution in [0.25, 0.3) is 0 Å². The van der Waals surface area contributed by atoms with Crippen molar-refractivity contribution < 1.29 is 9.76 Å². The second-order valence-electron chi connectivity index (χ2n) is 1.60. The van der Waals surface area contributed by atoms with Crippen LogP contribution in [0, 0.1) is 10.1 Å². The van der Waals surface area contributed by atoms with E-state index >= 15 is 0 Å². The fourth-order valence-corrected chi connectivity index (χ4v) is 0.465. The SMILES string of the molecule is NOc1ncc([N+](=O)[O-])cn1. The summed E-state index contributed by atoms with van der Waals surface area (Å²) in [6.45, 7) is 0. The number of rotatable bonds is 2. The fraction of sp³-hybridized carbons (Fsp3) is 0. The first-order valence-corrected chi connectivity index (χ1v) is 2.57. The molecule has 11 heavy (non-hydrogen) atoms. The summed E-state index contributed by atoms with van der Waals surface area (Å²) in [6.07, 6.45) is 2.02. The zero-order chi connectivity index (χ0) is 8.27. The number of hydrogen-bond donors (Lipinski definition) is 1. The van der Waals surface area contributed by atoms with Gasteiger partial charge in [0.25, 0.3) is 0 Å². The summed E-state index contributed by atoms with van der Waals surface area (Å²) >= 11 is 0. The highest BCUT2D eigenvalue weighted by Gasteiger charge is 2.05. The van der Waals surface area contributed by atoms with E-state index in [4.69, 9.17) is 0 Å². The molecule has 0 aromatic carbocycles. The molecular weight excluding hydrogens is 152 g/mol. The summed E-state index contributed by atoms with van der Waals surface area (Å²) in [5.41, 5.74) is -0.203. The lowest BCUT2D eigenvalue weighted by atomic mass is 10.6. The summed E-state index contributed by atoms with van der Waals surface area (Å²) in [7, 11) is 0. The molecule has 58 valence electrons. The maximum absolute atomic E-state index is 10.1. The molecule has 0 spiro atoms. The molecular formula is C4H4N4O3. The van der Waals surface area contributed by atoms with Crippen molar-refractivity contribution in [3.05, 3.63) is 22.5 Å². The van der Waals surface area contributed by atoms with Crippen LogP contribution in [0.2, 0.25) is 0 Å². The van der Waals surface area contributed by atoms with E-state index in [1.165, 1.54) is 0 Å². The number of aromatic nitrogens is 2. The lowest BCUT2D eigenvalue weighted by molar-refractivity contribution is -0.385. The molecule has 0 aliphatic carbocycles. The predicted octanol–water partition coefficient (Wildman–Crippen LogP) is -0.363. The standard InChI is InChI=1S/C4H4N4O3/c5-11-4-6-1-3(2-7-4)8(9)10/h1-2H,5H2. The molecule has 7 nitrogen and oxygen atoms in total. The van der Waals surface area contributed by atoms with Gasteiger partial charge < -0.3 is 4.84 Å². The summed E-state index contributed by atoms with van der Waals surface area (Å²) in [5, 5.41) is 10.1. The smallest absolute Gasteiger partial charge is 0.335 e. The lowest BCUT2D eigenvalue weighted by Crippen LogP contribution is -2.05. The second-order valence-corrected chi connectivity index (χ2v) is 1.60. The van der Waals surface area contributed by atoms with E-state index in [2.05, 4.69) is 20.7 Å². The molecule has 0 aliphatic rings. The van der Waals surface area contributed by atoms with Crippen LogP contribution in [0.1, 0.15) is 0 Å². The maximum atomic E-state index is 10.1. The van der Waals surface area contributed by atoms with Crippen molar-refractivity contribution in [3.8, 4) is 6.01 Å². The van der Waals surface area contributed by atoms with Gasteiger partial charge in [-0.15, -0.1) is 0 Å². The first-order valence-electron chi connectivity index (χ1n) is 2.57. The van der Waals surface area contributed by atoms with Gasteiger partial charge in [-0.3, -0.25) is 10.1 Å². The van der Waals surface area contributed by atoms with E-state index in [1.54, 1.807) is 0 Å². The van der Waals surface area contributed by atoms with Gasteiger partial charge in [-0.05, 0) is 0 Å². The van der Waals surface area contributed by atoms with E-state index in [0.717, 1.165) is 12.4 Å². The first kappa shape index (κ1) is 7.35. The highest BCUT2D eigenvalue weighted by Crippen LogP contribution is 2.07. The largest absolute Gasteiger partial charge is 0.371 e. The number of nitrogens with zero attached hydrogens (tertiary/aromatic N) is 3. The van der Waals surface area contributed by atoms with Crippen molar-refractivity contribution in [2.24, 2.45) is 5.90 Å². The van der Waals surface area contributed by atoms with Gasteiger partial charge in [0.05, 0.1) is 4.92 Å². The van der Waals surface area contributed by atoms with E-state index in [1.807, 2.05) is 0 Å². The van der Waals surface area contributed by atoms with Crippen LogP contribution in [0.4, 0.5) is 5.69 Å². The van der Waals surface area contributed by atoms with Crippen LogP contribution in [0.3, 0.4) is 0 Å². The molecule has 0 unspecified atom stereocenters. The van der Waals surface area contributed by atoms with Gasteiger partial charge in [0.1, 0.15) is 12.4 Å². The Labute approximate surface area is 60.9 Å². The first-order chi connectivity index (χ1) is 5.24. The normalized spacial score (nSPS) is 9.18. The number of nitrogens with two attached hydrogens (primary N) is 1. The van der Waals surface area contributed by atoms with Gasteiger partial charge in [0.15, 0.2) is 0 Å². The molecule has 0 saturated heterocycles. The molecule has 0 atom stereocenters. The average Bonchev–Trinajstić information content (AvgIpc) is 2.05. The van der Waals surface area contributed by atoms with Gasteiger partial charge in [-0.1, -0.05) is 0 Å². The molecule has 2 N–H and O–H groups in total. The summed E-state index contributed by atoms with van der Waals surface area (Å²) in [4.78, 5) is 20.4. The van der Waals surface area contributed by atoms with E-state index < -0.39 is 4.92 Å². The molecule has 0 amide bonds. The molecule has 0 radical (unpaired) electrons. The van der Waals surface area contributed by atoms with Crippen LogP contribution in [0.15, 0.2) is 12.4 Å². The van der Waals surface area contributed by atoms with E-state index in [0.29, 0.717) is 0 Å². The Balaban J connectivity index is 2.91. The van der Waals surface area contributed by atoms with Crippen LogP contribution in [0.5, 0.6) is 6.01 Å². The minimum Gasteiger partial charge on any atom is -0.371 e. The van der Waals surface area contributed by atoms with Crippen molar-refractivity contribution in [1.29, 1.82) is 0 Å². The molecule has 0 fully saturated rings. The van der Waals surface area contributed by atoms with Crippen molar-refractivity contribution in [1.82, 2.24) is 9.97 Å². The summed E-state index contributed by atoms with van der Waals surface area (Å²) < 4.78 is 0. The third-order valence-corrected chi connectivity index (χ3v) is 0.931. The van der Waals surface area contributed by atoms with Crippen LogP contribution in [-0.2, 0) is 0 Å². The van der Waals surface area contributed by atoms with Gasteiger partial charge in [-0.2, -0.15) is 15.9 Å². The van der Waals surface area contributed by atoms with Gasteiger partial charge >= 0.3 is 11.7 Å². The Bertz CT molecular complexity index is 259. The van der Waals surface area contributed by atoms with Crippen LogP contribution >= 0.6 is 0 Å². The Morgan fingerprint density at radius 1 is 1.55 bits per heavy atom. The Morgan fingerprint density at radius 3 is 2.45 bits per heavy atom. The zero-order valence-corrected chi connectivity index (χ0v) is 5.30. The summed E-state index contributed by atoms with van der Waals surface area (Å²) in [5.74, 6) is 4.68. The van der Waals surface area contributed by atoms with Crippen molar-refractivity contribution >= 4 is 5.69 Å². The Hall–Kier alpha value is -1.76. The van der Waals surface area contributed by atoms with E-state index in [9.17, 15) is 10.1 Å². The average molecular weight is 156 g/mol. The van der Waals surface area contributed by atoms with Crippen LogP contribution < -0.4 is 10.7 Å². The maximum Gasteiger partial charge on any atom is 0.335 e. The Kier molecular flexibility index (Phi) is 1.93. The minimum atomic E-state index is -0.611. The topological polar surface area (TPSA) is 104 Å². The highest BCUT2D eigenvalue weighted by atomic mass is 16.6. The number of nitro groups is 1. The molecule has 1 rings (SSSR count). The highest BCUT2D eigenvalue weighted by molar-refractivity contribution is 5.21. The summed E-state index contributed by atoms with van der Waals surface area (Å²) in [6, 6.07) is -0.101. The third kappa shape index (κ3) is 1.58. The van der Waals surface area contributed by atoms with Gasteiger partial charge in [-0.25, -0.2) is 0 Å². The predicted molar refractivity (Wildman–Crippen MR) is 33.5 cm³/mol. The molecule has 1 heterocycles.